The molecule has 1 unspecified atom stereocenters. The number of aryl methyl sites for hydroxylation is 1. The fourth-order valence-corrected chi connectivity index (χ4v) is 4.34. The highest BCUT2D eigenvalue weighted by Crippen LogP contribution is 2.38. The standard InChI is InChI=1S/C22H20F5N3O3S/c1-3-16(32-14-8-9-15(19(28)30-31)17(10-14)33-21(23)24)18-11(2)29-20(34-18)12-4-6-13(7-5-12)22(25,26)27/h4-10,16,21,31H,3H2,1-2H3,(H2,28,30). The smallest absolute Gasteiger partial charge is 0.416 e. The van der Waals surface area contributed by atoms with Gasteiger partial charge in [-0.3, -0.25) is 0 Å². The van der Waals surface area contributed by atoms with Crippen LogP contribution in [0.1, 0.15) is 41.1 Å². The first-order chi connectivity index (χ1) is 16.0. The molecule has 0 aliphatic carbocycles. The zero-order chi connectivity index (χ0) is 25.0. The Bertz CT molecular complexity index is 1160. The van der Waals surface area contributed by atoms with Crippen molar-refractivity contribution in [3.63, 3.8) is 0 Å². The van der Waals surface area contributed by atoms with Gasteiger partial charge in [0, 0.05) is 11.6 Å². The number of oxime groups is 1. The first-order valence-electron chi connectivity index (χ1n) is 9.91. The molecular formula is C22H20F5N3O3S. The fourth-order valence-electron chi connectivity index (χ4n) is 3.15. The first kappa shape index (κ1) is 25.2. The van der Waals surface area contributed by atoms with Crippen LogP contribution >= 0.6 is 11.3 Å². The van der Waals surface area contributed by atoms with E-state index in [1.807, 2.05) is 6.92 Å². The van der Waals surface area contributed by atoms with E-state index in [9.17, 15) is 22.0 Å². The van der Waals surface area contributed by atoms with Gasteiger partial charge < -0.3 is 20.4 Å². The third-order valence-electron chi connectivity index (χ3n) is 4.79. The van der Waals surface area contributed by atoms with Crippen molar-refractivity contribution in [2.24, 2.45) is 10.9 Å². The number of amidine groups is 1. The molecule has 3 aromatic rings. The van der Waals surface area contributed by atoms with Gasteiger partial charge in [-0.25, -0.2) is 4.98 Å². The van der Waals surface area contributed by atoms with E-state index in [0.717, 1.165) is 17.0 Å². The number of alkyl halides is 5. The molecule has 34 heavy (non-hydrogen) atoms. The summed E-state index contributed by atoms with van der Waals surface area (Å²) in [6.45, 7) is 0.457. The minimum atomic E-state index is -4.43. The quantitative estimate of drug-likeness (QED) is 0.123. The summed E-state index contributed by atoms with van der Waals surface area (Å²) in [5.41, 5.74) is 5.88. The molecule has 12 heteroatoms. The molecule has 1 aromatic heterocycles. The van der Waals surface area contributed by atoms with E-state index in [1.165, 1.54) is 41.7 Å². The van der Waals surface area contributed by atoms with Gasteiger partial charge in [0.2, 0.25) is 0 Å². The van der Waals surface area contributed by atoms with Crippen LogP contribution < -0.4 is 15.2 Å². The van der Waals surface area contributed by atoms with Gasteiger partial charge >= 0.3 is 12.8 Å². The van der Waals surface area contributed by atoms with Gasteiger partial charge in [-0.15, -0.1) is 11.3 Å². The molecule has 0 saturated heterocycles. The maximum atomic E-state index is 12.8. The van der Waals surface area contributed by atoms with E-state index in [0.29, 0.717) is 22.7 Å². The van der Waals surface area contributed by atoms with Crippen LogP contribution in [0.15, 0.2) is 47.6 Å². The second-order valence-corrected chi connectivity index (χ2v) is 8.11. The van der Waals surface area contributed by atoms with E-state index >= 15 is 0 Å². The van der Waals surface area contributed by atoms with Gasteiger partial charge in [-0.1, -0.05) is 24.2 Å². The van der Waals surface area contributed by atoms with Crippen LogP contribution in [0, 0.1) is 6.92 Å². The maximum Gasteiger partial charge on any atom is 0.416 e. The molecule has 3 N–H and O–H groups in total. The zero-order valence-electron chi connectivity index (χ0n) is 17.9. The molecule has 3 rings (SSSR count). The summed E-state index contributed by atoms with van der Waals surface area (Å²) in [7, 11) is 0. The first-order valence-corrected chi connectivity index (χ1v) is 10.7. The number of halogens is 5. The summed E-state index contributed by atoms with van der Waals surface area (Å²) in [5.74, 6) is -0.543. The van der Waals surface area contributed by atoms with E-state index in [-0.39, 0.29) is 17.1 Å². The number of benzene rings is 2. The predicted molar refractivity (Wildman–Crippen MR) is 117 cm³/mol. The normalized spacial score (nSPS) is 13.2. The minimum Gasteiger partial charge on any atom is -0.485 e. The van der Waals surface area contributed by atoms with Gasteiger partial charge in [-0.2, -0.15) is 22.0 Å². The molecule has 0 aliphatic heterocycles. The van der Waals surface area contributed by atoms with Gasteiger partial charge in [0.25, 0.3) is 0 Å². The number of nitrogens with two attached hydrogens (primary N) is 1. The van der Waals surface area contributed by atoms with Crippen molar-refractivity contribution in [2.75, 3.05) is 0 Å². The molecule has 1 heterocycles. The molecule has 0 spiro atoms. The van der Waals surface area contributed by atoms with Crippen molar-refractivity contribution >= 4 is 17.2 Å². The fraction of sp³-hybridized carbons (Fsp3) is 0.273. The predicted octanol–water partition coefficient (Wildman–Crippen LogP) is 6.36. The topological polar surface area (TPSA) is 90.0 Å². The van der Waals surface area contributed by atoms with Crippen LogP contribution in [0.5, 0.6) is 11.5 Å². The summed E-state index contributed by atoms with van der Waals surface area (Å²) < 4.78 is 74.6. The van der Waals surface area contributed by atoms with Gasteiger partial charge in [-0.05, 0) is 37.6 Å². The monoisotopic (exact) mass is 501 g/mol. The van der Waals surface area contributed by atoms with E-state index in [1.54, 1.807) is 6.92 Å². The number of rotatable bonds is 8. The molecule has 0 aliphatic rings. The SMILES string of the molecule is CCC(Oc1ccc(/C(N)=N/O)c(OC(F)F)c1)c1sc(-c2ccc(C(F)(F)F)cc2)nc1C. The minimum absolute atomic E-state index is 0.0400. The van der Waals surface area contributed by atoms with Gasteiger partial charge in [0.15, 0.2) is 5.84 Å². The Labute approximate surface area is 195 Å². The molecule has 6 nitrogen and oxygen atoms in total. The summed E-state index contributed by atoms with van der Waals surface area (Å²) in [4.78, 5) is 5.19. The number of hydrogen-bond acceptors (Lipinski definition) is 6. The average Bonchev–Trinajstić information content (AvgIpc) is 3.17. The number of ether oxygens (including phenoxy) is 2. The van der Waals surface area contributed by atoms with Crippen LogP contribution in [0.3, 0.4) is 0 Å². The Morgan fingerprint density at radius 3 is 2.38 bits per heavy atom. The Morgan fingerprint density at radius 2 is 1.82 bits per heavy atom. The highest BCUT2D eigenvalue weighted by Gasteiger charge is 2.30. The number of thiazole rings is 1. The lowest BCUT2D eigenvalue weighted by atomic mass is 10.1. The molecule has 182 valence electrons. The average molecular weight is 501 g/mol. The third kappa shape index (κ3) is 5.74. The number of aromatic nitrogens is 1. The molecule has 1 atom stereocenters. The highest BCUT2D eigenvalue weighted by molar-refractivity contribution is 7.15. The molecule has 0 fully saturated rings. The van der Waals surface area contributed by atoms with Crippen molar-refractivity contribution in [1.29, 1.82) is 0 Å². The van der Waals surface area contributed by atoms with Crippen LogP contribution in [0.2, 0.25) is 0 Å². The highest BCUT2D eigenvalue weighted by atomic mass is 32.1. The van der Waals surface area contributed by atoms with Crippen molar-refractivity contribution in [3.05, 3.63) is 64.2 Å². The lowest BCUT2D eigenvalue weighted by Gasteiger charge is -2.18. The summed E-state index contributed by atoms with van der Waals surface area (Å²) in [5, 5.41) is 12.2. The van der Waals surface area contributed by atoms with Crippen LogP contribution in [-0.4, -0.2) is 22.6 Å². The maximum absolute atomic E-state index is 12.8. The number of nitrogens with zero attached hydrogens (tertiary/aromatic N) is 2. The van der Waals surface area contributed by atoms with Crippen molar-refractivity contribution in [1.82, 2.24) is 4.98 Å². The molecule has 0 amide bonds. The van der Waals surface area contributed by atoms with Crippen molar-refractivity contribution < 1.29 is 36.6 Å². The van der Waals surface area contributed by atoms with Crippen LogP contribution in [-0.2, 0) is 6.18 Å². The summed E-state index contributed by atoms with van der Waals surface area (Å²) in [6, 6.07) is 8.68. The second kappa shape index (κ2) is 10.2. The summed E-state index contributed by atoms with van der Waals surface area (Å²) in [6.07, 6.45) is -4.46. The largest absolute Gasteiger partial charge is 0.485 e. The zero-order valence-corrected chi connectivity index (χ0v) is 18.8. The molecule has 0 radical (unpaired) electrons. The van der Waals surface area contributed by atoms with E-state index in [2.05, 4.69) is 14.9 Å². The molecule has 0 saturated carbocycles. The molecule has 2 aromatic carbocycles. The van der Waals surface area contributed by atoms with Gasteiger partial charge in [0.1, 0.15) is 22.6 Å². The van der Waals surface area contributed by atoms with Gasteiger partial charge in [0.05, 0.1) is 21.7 Å². The Balaban J connectivity index is 1.88. The summed E-state index contributed by atoms with van der Waals surface area (Å²) >= 11 is 1.26. The number of hydrogen-bond donors (Lipinski definition) is 2. The van der Waals surface area contributed by atoms with Crippen LogP contribution in [0.25, 0.3) is 10.6 Å². The second-order valence-electron chi connectivity index (χ2n) is 7.08. The Morgan fingerprint density at radius 1 is 1.15 bits per heavy atom. The Hall–Kier alpha value is -3.41. The van der Waals surface area contributed by atoms with Crippen LogP contribution in [0.4, 0.5) is 22.0 Å². The van der Waals surface area contributed by atoms with Crippen molar-refractivity contribution in [2.45, 2.75) is 39.2 Å². The molecule has 0 bridgehead atoms. The molecular weight excluding hydrogens is 481 g/mol. The Kier molecular flexibility index (Phi) is 7.60. The van der Waals surface area contributed by atoms with Crippen molar-refractivity contribution in [3.8, 4) is 22.1 Å². The third-order valence-corrected chi connectivity index (χ3v) is 6.08. The lowest BCUT2D eigenvalue weighted by Crippen LogP contribution is -2.16. The lowest BCUT2D eigenvalue weighted by molar-refractivity contribution is -0.137. The van der Waals surface area contributed by atoms with E-state index in [4.69, 9.17) is 15.7 Å². The van der Waals surface area contributed by atoms with E-state index < -0.39 is 30.3 Å².